The molecular weight excluding hydrogens is 288 g/mol. The SMILES string of the molecule is CN(CCO)C(=O)c1cn(C)nc1-c1ccc([N+](=O)[O-])cc1. The molecule has 1 aromatic heterocycles. The number of carbonyl (C=O) groups excluding carboxylic acids is 1. The molecule has 0 saturated carbocycles. The van der Waals surface area contributed by atoms with E-state index >= 15 is 0 Å². The standard InChI is InChI=1S/C14H16N4O4/c1-16(7-8-19)14(20)12-9-17(2)15-13(12)10-3-5-11(6-4-10)18(21)22/h3-6,9,19H,7-8H2,1-2H3. The maximum absolute atomic E-state index is 12.4. The van der Waals surface area contributed by atoms with Crippen molar-refractivity contribution >= 4 is 11.6 Å². The van der Waals surface area contributed by atoms with Crippen LogP contribution in [0.5, 0.6) is 0 Å². The molecule has 0 unspecified atom stereocenters. The van der Waals surface area contributed by atoms with Crippen LogP contribution >= 0.6 is 0 Å². The van der Waals surface area contributed by atoms with Crippen LogP contribution in [0.3, 0.4) is 0 Å². The molecule has 1 aromatic carbocycles. The number of hydrogen-bond donors (Lipinski definition) is 1. The lowest BCUT2D eigenvalue weighted by Gasteiger charge is -2.15. The predicted molar refractivity (Wildman–Crippen MR) is 79.3 cm³/mol. The Hall–Kier alpha value is -2.74. The summed E-state index contributed by atoms with van der Waals surface area (Å²) in [4.78, 5) is 24.0. The zero-order valence-electron chi connectivity index (χ0n) is 12.3. The van der Waals surface area contributed by atoms with Gasteiger partial charge in [0.1, 0.15) is 5.69 Å². The number of aliphatic hydroxyl groups is 1. The maximum Gasteiger partial charge on any atom is 0.269 e. The molecule has 116 valence electrons. The summed E-state index contributed by atoms with van der Waals surface area (Å²) in [6.45, 7) is 0.0861. The van der Waals surface area contributed by atoms with Crippen LogP contribution in [0.15, 0.2) is 30.5 Å². The highest BCUT2D eigenvalue weighted by molar-refractivity contribution is 5.99. The summed E-state index contributed by atoms with van der Waals surface area (Å²) in [5, 5.41) is 23.9. The Labute approximate surface area is 126 Å². The Balaban J connectivity index is 2.39. The van der Waals surface area contributed by atoms with Gasteiger partial charge in [-0.2, -0.15) is 5.10 Å². The molecule has 8 heteroatoms. The van der Waals surface area contributed by atoms with E-state index in [0.717, 1.165) is 0 Å². The minimum atomic E-state index is -0.483. The van der Waals surface area contributed by atoms with Gasteiger partial charge in [0.15, 0.2) is 0 Å². The molecule has 0 aliphatic carbocycles. The number of benzene rings is 1. The lowest BCUT2D eigenvalue weighted by Crippen LogP contribution is -2.29. The van der Waals surface area contributed by atoms with Crippen molar-refractivity contribution < 1.29 is 14.8 Å². The smallest absolute Gasteiger partial charge is 0.269 e. The van der Waals surface area contributed by atoms with Gasteiger partial charge in [-0.15, -0.1) is 0 Å². The number of nitro groups is 1. The molecule has 0 fully saturated rings. The molecule has 0 bridgehead atoms. The van der Waals surface area contributed by atoms with Crippen molar-refractivity contribution in [3.05, 3.63) is 46.1 Å². The number of non-ortho nitro benzene ring substituents is 1. The third-order valence-electron chi connectivity index (χ3n) is 3.19. The first-order chi connectivity index (χ1) is 10.4. The molecule has 0 atom stereocenters. The van der Waals surface area contributed by atoms with Crippen molar-refractivity contribution in [3.63, 3.8) is 0 Å². The summed E-state index contributed by atoms with van der Waals surface area (Å²) in [6.07, 6.45) is 1.59. The first kappa shape index (κ1) is 15.6. The van der Waals surface area contributed by atoms with Crippen LogP contribution in [0.4, 0.5) is 5.69 Å². The zero-order chi connectivity index (χ0) is 16.3. The Morgan fingerprint density at radius 3 is 2.59 bits per heavy atom. The lowest BCUT2D eigenvalue weighted by atomic mass is 10.1. The average molecular weight is 304 g/mol. The van der Waals surface area contributed by atoms with Crippen LogP contribution in [-0.4, -0.2) is 50.8 Å². The minimum Gasteiger partial charge on any atom is -0.395 e. The molecule has 1 N–H and O–H groups in total. The van der Waals surface area contributed by atoms with Gasteiger partial charge in [0, 0.05) is 44.5 Å². The number of hydrogen-bond acceptors (Lipinski definition) is 5. The summed E-state index contributed by atoms with van der Waals surface area (Å²) in [5.74, 6) is -0.268. The van der Waals surface area contributed by atoms with E-state index in [4.69, 9.17) is 5.11 Å². The summed E-state index contributed by atoms with van der Waals surface area (Å²) >= 11 is 0. The first-order valence-electron chi connectivity index (χ1n) is 6.59. The van der Waals surface area contributed by atoms with Crippen molar-refractivity contribution in [2.24, 2.45) is 7.05 Å². The number of amides is 1. The topological polar surface area (TPSA) is 102 Å². The maximum atomic E-state index is 12.4. The monoisotopic (exact) mass is 304 g/mol. The molecule has 8 nitrogen and oxygen atoms in total. The van der Waals surface area contributed by atoms with Crippen LogP contribution in [0.25, 0.3) is 11.3 Å². The third-order valence-corrected chi connectivity index (χ3v) is 3.19. The largest absolute Gasteiger partial charge is 0.395 e. The number of nitro benzene ring substituents is 1. The highest BCUT2D eigenvalue weighted by Gasteiger charge is 2.20. The van der Waals surface area contributed by atoms with Crippen LogP contribution in [0.2, 0.25) is 0 Å². The van der Waals surface area contributed by atoms with Gasteiger partial charge < -0.3 is 10.0 Å². The van der Waals surface area contributed by atoms with Crippen molar-refractivity contribution in [3.8, 4) is 11.3 Å². The van der Waals surface area contributed by atoms with Gasteiger partial charge in [0.05, 0.1) is 17.1 Å². The molecule has 0 saturated heterocycles. The van der Waals surface area contributed by atoms with E-state index in [9.17, 15) is 14.9 Å². The molecule has 1 heterocycles. The Morgan fingerprint density at radius 2 is 2.05 bits per heavy atom. The van der Waals surface area contributed by atoms with Gasteiger partial charge in [0.25, 0.3) is 11.6 Å². The Kier molecular flexibility index (Phi) is 4.52. The van der Waals surface area contributed by atoms with Crippen molar-refractivity contribution in [2.45, 2.75) is 0 Å². The zero-order valence-corrected chi connectivity index (χ0v) is 12.3. The van der Waals surface area contributed by atoms with E-state index in [1.807, 2.05) is 0 Å². The van der Waals surface area contributed by atoms with E-state index < -0.39 is 4.92 Å². The summed E-state index contributed by atoms with van der Waals surface area (Å²) in [5.41, 5.74) is 1.43. The molecule has 22 heavy (non-hydrogen) atoms. The molecule has 0 spiro atoms. The molecule has 1 amide bonds. The Morgan fingerprint density at radius 1 is 1.41 bits per heavy atom. The third kappa shape index (κ3) is 3.12. The van der Waals surface area contributed by atoms with Crippen molar-refractivity contribution in [2.75, 3.05) is 20.2 Å². The average Bonchev–Trinajstić information content (AvgIpc) is 2.88. The second kappa shape index (κ2) is 6.35. The molecule has 0 radical (unpaired) electrons. The fourth-order valence-corrected chi connectivity index (χ4v) is 2.06. The van der Waals surface area contributed by atoms with Crippen molar-refractivity contribution in [1.29, 1.82) is 0 Å². The number of aromatic nitrogens is 2. The van der Waals surface area contributed by atoms with Crippen LogP contribution in [0, 0.1) is 10.1 Å². The van der Waals surface area contributed by atoms with Gasteiger partial charge in [-0.1, -0.05) is 0 Å². The first-order valence-corrected chi connectivity index (χ1v) is 6.59. The molecule has 2 rings (SSSR count). The van der Waals surface area contributed by atoms with Gasteiger partial charge in [0.2, 0.25) is 0 Å². The fraction of sp³-hybridized carbons (Fsp3) is 0.286. The number of aliphatic hydroxyl groups excluding tert-OH is 1. The normalized spacial score (nSPS) is 10.5. The number of nitrogens with zero attached hydrogens (tertiary/aromatic N) is 4. The van der Waals surface area contributed by atoms with Crippen LogP contribution < -0.4 is 0 Å². The minimum absolute atomic E-state index is 0.0232. The van der Waals surface area contributed by atoms with E-state index in [1.165, 1.54) is 21.7 Å². The molecule has 0 aliphatic rings. The van der Waals surface area contributed by atoms with Crippen LogP contribution in [-0.2, 0) is 7.05 Å². The second-order valence-electron chi connectivity index (χ2n) is 4.82. The quantitative estimate of drug-likeness (QED) is 0.657. The highest BCUT2D eigenvalue weighted by atomic mass is 16.6. The summed E-state index contributed by atoms with van der Waals surface area (Å²) in [7, 11) is 3.28. The van der Waals surface area contributed by atoms with Gasteiger partial charge >= 0.3 is 0 Å². The van der Waals surface area contributed by atoms with E-state index in [-0.39, 0.29) is 24.7 Å². The lowest BCUT2D eigenvalue weighted by molar-refractivity contribution is -0.384. The molecular formula is C14H16N4O4. The number of carbonyl (C=O) groups is 1. The summed E-state index contributed by atoms with van der Waals surface area (Å²) in [6, 6.07) is 5.86. The van der Waals surface area contributed by atoms with E-state index in [0.29, 0.717) is 16.8 Å². The van der Waals surface area contributed by atoms with E-state index in [2.05, 4.69) is 5.10 Å². The summed E-state index contributed by atoms with van der Waals surface area (Å²) < 4.78 is 1.51. The van der Waals surface area contributed by atoms with Crippen molar-refractivity contribution in [1.82, 2.24) is 14.7 Å². The second-order valence-corrected chi connectivity index (χ2v) is 4.82. The molecule has 2 aromatic rings. The highest BCUT2D eigenvalue weighted by Crippen LogP contribution is 2.25. The predicted octanol–water partition coefficient (Wildman–Crippen LogP) is 1.06. The van der Waals surface area contributed by atoms with Gasteiger partial charge in [-0.25, -0.2) is 0 Å². The number of aryl methyl sites for hydroxylation is 1. The van der Waals surface area contributed by atoms with Gasteiger partial charge in [-0.3, -0.25) is 19.6 Å². The van der Waals surface area contributed by atoms with Crippen LogP contribution in [0.1, 0.15) is 10.4 Å². The molecule has 0 aliphatic heterocycles. The van der Waals surface area contributed by atoms with Gasteiger partial charge in [-0.05, 0) is 12.1 Å². The Bertz CT molecular complexity index is 693. The van der Waals surface area contributed by atoms with E-state index in [1.54, 1.807) is 32.4 Å². The fourth-order valence-electron chi connectivity index (χ4n) is 2.06. The number of likely N-dealkylation sites (N-methyl/N-ethyl adjacent to an activating group) is 1. The number of rotatable bonds is 5.